The van der Waals surface area contributed by atoms with Crippen molar-refractivity contribution in [2.45, 2.75) is 38.3 Å². The molecule has 2 aromatic rings. The van der Waals surface area contributed by atoms with E-state index in [1.54, 1.807) is 12.1 Å². The minimum absolute atomic E-state index is 0.0245. The van der Waals surface area contributed by atoms with Crippen LogP contribution in [-0.4, -0.2) is 36.4 Å². The predicted octanol–water partition coefficient (Wildman–Crippen LogP) is 3.65. The first-order chi connectivity index (χ1) is 11.6. The lowest BCUT2D eigenvalue weighted by Gasteiger charge is -2.45. The molecule has 1 aliphatic rings. The van der Waals surface area contributed by atoms with Gasteiger partial charge in [0.2, 0.25) is 6.29 Å². The van der Waals surface area contributed by atoms with Crippen LogP contribution in [0.4, 0.5) is 0 Å². The molecule has 1 heterocycles. The Bertz CT molecular complexity index is 674. The van der Waals surface area contributed by atoms with Crippen molar-refractivity contribution in [1.29, 1.82) is 0 Å². The smallest absolute Gasteiger partial charge is 0.340 e. The molecule has 0 aromatic heterocycles. The Balaban J connectivity index is 1.86. The van der Waals surface area contributed by atoms with Crippen LogP contribution in [0.15, 0.2) is 60.7 Å². The van der Waals surface area contributed by atoms with E-state index in [2.05, 4.69) is 11.8 Å². The molecule has 0 N–H and O–H groups in total. The Hall–Kier alpha value is -2.17. The Labute approximate surface area is 143 Å². The van der Waals surface area contributed by atoms with Crippen molar-refractivity contribution in [1.82, 2.24) is 4.90 Å². The molecule has 4 heteroatoms. The van der Waals surface area contributed by atoms with Crippen LogP contribution in [-0.2, 0) is 9.47 Å². The van der Waals surface area contributed by atoms with Crippen molar-refractivity contribution >= 4 is 5.97 Å². The number of esters is 1. The van der Waals surface area contributed by atoms with E-state index in [0.717, 1.165) is 5.56 Å². The van der Waals surface area contributed by atoms with Crippen LogP contribution in [0, 0.1) is 0 Å². The van der Waals surface area contributed by atoms with Gasteiger partial charge in [-0.05, 0) is 38.6 Å². The van der Waals surface area contributed by atoms with Crippen LogP contribution >= 0.6 is 0 Å². The lowest BCUT2D eigenvalue weighted by atomic mass is 9.99. The molecule has 2 unspecified atom stereocenters. The predicted molar refractivity (Wildman–Crippen MR) is 92.6 cm³/mol. The molecule has 126 valence electrons. The fourth-order valence-electron chi connectivity index (χ4n) is 3.06. The minimum atomic E-state index is -0.642. The van der Waals surface area contributed by atoms with Crippen molar-refractivity contribution in [3.05, 3.63) is 71.8 Å². The summed E-state index contributed by atoms with van der Waals surface area (Å²) in [5, 5.41) is 0. The van der Waals surface area contributed by atoms with Crippen LogP contribution in [0.1, 0.15) is 35.8 Å². The largest absolute Gasteiger partial charge is 0.430 e. The van der Waals surface area contributed by atoms with Crippen LogP contribution in [0.5, 0.6) is 0 Å². The number of hydrogen-bond donors (Lipinski definition) is 0. The summed E-state index contributed by atoms with van der Waals surface area (Å²) in [4.78, 5) is 14.7. The fourth-order valence-corrected chi connectivity index (χ4v) is 3.06. The van der Waals surface area contributed by atoms with E-state index < -0.39 is 6.29 Å². The molecule has 4 atom stereocenters. The molecular weight excluding hydrogens is 302 g/mol. The van der Waals surface area contributed by atoms with Crippen LogP contribution in [0.3, 0.4) is 0 Å². The maximum absolute atomic E-state index is 12.5. The van der Waals surface area contributed by atoms with E-state index in [0.29, 0.717) is 5.56 Å². The van der Waals surface area contributed by atoms with Crippen LogP contribution in [0.2, 0.25) is 0 Å². The van der Waals surface area contributed by atoms with Gasteiger partial charge in [-0.2, -0.15) is 0 Å². The molecule has 0 spiro atoms. The SMILES string of the molecule is CC1O[C@H](OC(=O)c2ccccc2)[C@H](c2ccccc2)N(C)C1C. The number of carbonyl (C=O) groups excluding carboxylic acids is 1. The third kappa shape index (κ3) is 3.35. The van der Waals surface area contributed by atoms with Gasteiger partial charge in [-0.3, -0.25) is 4.90 Å². The monoisotopic (exact) mass is 325 g/mol. The van der Waals surface area contributed by atoms with Gasteiger partial charge in [0.05, 0.1) is 17.7 Å². The Kier molecular flexibility index (Phi) is 4.97. The summed E-state index contributed by atoms with van der Waals surface area (Å²) in [6.07, 6.45) is -0.667. The van der Waals surface area contributed by atoms with Gasteiger partial charge < -0.3 is 9.47 Å². The van der Waals surface area contributed by atoms with E-state index in [1.807, 2.05) is 62.5 Å². The van der Waals surface area contributed by atoms with Gasteiger partial charge in [0.25, 0.3) is 0 Å². The topological polar surface area (TPSA) is 38.8 Å². The van der Waals surface area contributed by atoms with Gasteiger partial charge in [-0.15, -0.1) is 0 Å². The normalized spacial score (nSPS) is 27.6. The van der Waals surface area contributed by atoms with E-state index in [9.17, 15) is 4.79 Å². The van der Waals surface area contributed by atoms with Crippen molar-refractivity contribution in [2.75, 3.05) is 7.05 Å². The zero-order chi connectivity index (χ0) is 17.1. The number of benzene rings is 2. The first kappa shape index (κ1) is 16.7. The second kappa shape index (κ2) is 7.16. The number of likely N-dealkylation sites (N-methyl/N-ethyl adjacent to an activating group) is 1. The average Bonchev–Trinajstić information content (AvgIpc) is 2.61. The molecular formula is C20H23NO3. The Morgan fingerprint density at radius 3 is 2.21 bits per heavy atom. The fraction of sp³-hybridized carbons (Fsp3) is 0.350. The van der Waals surface area contributed by atoms with E-state index in [1.165, 1.54) is 0 Å². The second-order valence-corrected chi connectivity index (χ2v) is 6.24. The summed E-state index contributed by atoms with van der Waals surface area (Å²) in [6.45, 7) is 4.13. The van der Waals surface area contributed by atoms with Gasteiger partial charge in [0.1, 0.15) is 0 Å². The second-order valence-electron chi connectivity index (χ2n) is 6.24. The quantitative estimate of drug-likeness (QED) is 0.808. The Morgan fingerprint density at radius 1 is 1.00 bits per heavy atom. The highest BCUT2D eigenvalue weighted by atomic mass is 16.7. The summed E-state index contributed by atoms with van der Waals surface area (Å²) < 4.78 is 11.8. The van der Waals surface area contributed by atoms with Gasteiger partial charge in [-0.1, -0.05) is 48.5 Å². The number of ether oxygens (including phenoxy) is 2. The number of rotatable bonds is 3. The highest BCUT2D eigenvalue weighted by molar-refractivity contribution is 5.89. The minimum Gasteiger partial charge on any atom is -0.430 e. The zero-order valence-electron chi connectivity index (χ0n) is 14.3. The molecule has 0 bridgehead atoms. The molecule has 4 nitrogen and oxygen atoms in total. The maximum atomic E-state index is 12.5. The van der Waals surface area contributed by atoms with Crippen molar-refractivity contribution in [3.8, 4) is 0 Å². The molecule has 3 rings (SSSR count). The van der Waals surface area contributed by atoms with Crippen LogP contribution in [0.25, 0.3) is 0 Å². The van der Waals surface area contributed by atoms with Gasteiger partial charge in [0.15, 0.2) is 0 Å². The first-order valence-electron chi connectivity index (χ1n) is 8.26. The number of morpholine rings is 1. The van der Waals surface area contributed by atoms with E-state index >= 15 is 0 Å². The number of carbonyl (C=O) groups is 1. The van der Waals surface area contributed by atoms with Gasteiger partial charge in [0, 0.05) is 6.04 Å². The lowest BCUT2D eigenvalue weighted by molar-refractivity contribution is -0.223. The number of hydrogen-bond acceptors (Lipinski definition) is 4. The molecule has 0 amide bonds. The van der Waals surface area contributed by atoms with E-state index in [-0.39, 0.29) is 24.2 Å². The average molecular weight is 325 g/mol. The Morgan fingerprint density at radius 2 is 1.58 bits per heavy atom. The third-order valence-electron chi connectivity index (χ3n) is 4.74. The molecule has 1 fully saturated rings. The highest BCUT2D eigenvalue weighted by Crippen LogP contribution is 2.34. The maximum Gasteiger partial charge on any atom is 0.340 e. The molecule has 1 saturated heterocycles. The van der Waals surface area contributed by atoms with Crippen molar-refractivity contribution in [2.24, 2.45) is 0 Å². The summed E-state index contributed by atoms with van der Waals surface area (Å²) in [6, 6.07) is 19.1. The standard InChI is InChI=1S/C20H23NO3/c1-14-15(2)23-20(24-19(22)17-12-8-5-9-13-17)18(21(14)3)16-10-6-4-7-11-16/h4-15,18,20H,1-3H3/t14?,15?,18-,20+/m0/s1. The molecule has 0 saturated carbocycles. The van der Waals surface area contributed by atoms with Gasteiger partial charge >= 0.3 is 5.97 Å². The summed E-state index contributed by atoms with van der Waals surface area (Å²) in [7, 11) is 2.05. The highest BCUT2D eigenvalue weighted by Gasteiger charge is 2.41. The number of nitrogens with zero attached hydrogens (tertiary/aromatic N) is 1. The molecule has 2 aromatic carbocycles. The third-order valence-corrected chi connectivity index (χ3v) is 4.74. The van der Waals surface area contributed by atoms with Crippen molar-refractivity contribution in [3.63, 3.8) is 0 Å². The lowest BCUT2D eigenvalue weighted by Crippen LogP contribution is -2.53. The van der Waals surface area contributed by atoms with E-state index in [4.69, 9.17) is 9.47 Å². The summed E-state index contributed by atoms with van der Waals surface area (Å²) >= 11 is 0. The molecule has 1 aliphatic heterocycles. The zero-order valence-corrected chi connectivity index (χ0v) is 14.3. The molecule has 0 aliphatic carbocycles. The first-order valence-corrected chi connectivity index (χ1v) is 8.26. The summed E-state index contributed by atoms with van der Waals surface area (Å²) in [5.41, 5.74) is 1.60. The molecule has 0 radical (unpaired) electrons. The molecule has 24 heavy (non-hydrogen) atoms. The van der Waals surface area contributed by atoms with Crippen LogP contribution < -0.4 is 0 Å². The summed E-state index contributed by atoms with van der Waals surface area (Å²) in [5.74, 6) is -0.364. The van der Waals surface area contributed by atoms with Gasteiger partial charge in [-0.25, -0.2) is 4.79 Å². The van der Waals surface area contributed by atoms with Crippen molar-refractivity contribution < 1.29 is 14.3 Å².